The molecule has 0 spiro atoms. The van der Waals surface area contributed by atoms with Crippen LogP contribution in [0, 0.1) is 16.0 Å². The Morgan fingerprint density at radius 2 is 2.11 bits per heavy atom. The van der Waals surface area contributed by atoms with E-state index in [1.807, 2.05) is 13.8 Å². The van der Waals surface area contributed by atoms with Crippen LogP contribution in [0.25, 0.3) is 0 Å². The molecule has 0 bridgehead atoms. The minimum Gasteiger partial charge on any atom is -0.472 e. The van der Waals surface area contributed by atoms with Crippen LogP contribution < -0.4 is 10.1 Å². The largest absolute Gasteiger partial charge is 0.472 e. The second-order valence-electron chi connectivity index (χ2n) is 4.29. The standard InChI is InChI=1S/C11H18N4O4/c1-7(2)5-19-11-9(15(16)17)10(12-3)13-8(14-11)6-18-4/h7H,5-6H2,1-4H3,(H,12,13,14). The van der Waals surface area contributed by atoms with E-state index in [0.717, 1.165) is 0 Å². The zero-order valence-electron chi connectivity index (χ0n) is 11.5. The Morgan fingerprint density at radius 3 is 2.58 bits per heavy atom. The summed E-state index contributed by atoms with van der Waals surface area (Å²) in [5, 5.41) is 13.8. The van der Waals surface area contributed by atoms with Crippen LogP contribution in [0.15, 0.2) is 0 Å². The van der Waals surface area contributed by atoms with Crippen LogP contribution in [0.1, 0.15) is 19.7 Å². The van der Waals surface area contributed by atoms with E-state index in [4.69, 9.17) is 9.47 Å². The third kappa shape index (κ3) is 4.02. The minimum atomic E-state index is -0.557. The van der Waals surface area contributed by atoms with Gasteiger partial charge < -0.3 is 14.8 Å². The van der Waals surface area contributed by atoms with Gasteiger partial charge >= 0.3 is 5.69 Å². The average Bonchev–Trinajstić information content (AvgIpc) is 2.35. The second-order valence-corrected chi connectivity index (χ2v) is 4.29. The summed E-state index contributed by atoms with van der Waals surface area (Å²) in [5.41, 5.74) is -0.261. The van der Waals surface area contributed by atoms with Gasteiger partial charge in [-0.2, -0.15) is 4.98 Å². The zero-order valence-corrected chi connectivity index (χ0v) is 11.5. The van der Waals surface area contributed by atoms with Crippen molar-refractivity contribution in [2.75, 3.05) is 26.1 Å². The number of aromatic nitrogens is 2. The Kier molecular flexibility index (Phi) is 5.43. The summed E-state index contributed by atoms with van der Waals surface area (Å²) in [5.74, 6) is 0.644. The molecule has 1 aromatic heterocycles. The van der Waals surface area contributed by atoms with Gasteiger partial charge in [0.2, 0.25) is 5.82 Å². The summed E-state index contributed by atoms with van der Waals surface area (Å²) in [6.45, 7) is 4.39. The summed E-state index contributed by atoms with van der Waals surface area (Å²) >= 11 is 0. The van der Waals surface area contributed by atoms with E-state index < -0.39 is 4.92 Å². The molecule has 0 aliphatic carbocycles. The number of nitrogens with zero attached hydrogens (tertiary/aromatic N) is 3. The van der Waals surface area contributed by atoms with Gasteiger partial charge in [-0.15, -0.1) is 0 Å². The third-order valence-corrected chi connectivity index (χ3v) is 2.14. The molecule has 1 rings (SSSR count). The van der Waals surface area contributed by atoms with Crippen LogP contribution >= 0.6 is 0 Å². The molecule has 0 aromatic carbocycles. The fraction of sp³-hybridized carbons (Fsp3) is 0.636. The molecule has 0 fully saturated rings. The van der Waals surface area contributed by atoms with Gasteiger partial charge in [-0.05, 0) is 5.92 Å². The van der Waals surface area contributed by atoms with E-state index in [9.17, 15) is 10.1 Å². The molecule has 19 heavy (non-hydrogen) atoms. The predicted molar refractivity (Wildman–Crippen MR) is 69.3 cm³/mol. The van der Waals surface area contributed by atoms with E-state index in [-0.39, 0.29) is 29.9 Å². The number of ether oxygens (including phenoxy) is 2. The van der Waals surface area contributed by atoms with E-state index in [0.29, 0.717) is 12.4 Å². The van der Waals surface area contributed by atoms with E-state index in [1.54, 1.807) is 7.05 Å². The molecular formula is C11H18N4O4. The Balaban J connectivity index is 3.20. The van der Waals surface area contributed by atoms with Gasteiger partial charge in [0, 0.05) is 14.2 Å². The van der Waals surface area contributed by atoms with Gasteiger partial charge in [-0.1, -0.05) is 13.8 Å². The predicted octanol–water partition coefficient (Wildman–Crippen LogP) is 1.61. The maximum absolute atomic E-state index is 11.1. The molecule has 8 nitrogen and oxygen atoms in total. The van der Waals surface area contributed by atoms with E-state index in [1.165, 1.54) is 7.11 Å². The highest BCUT2D eigenvalue weighted by molar-refractivity contribution is 5.61. The maximum atomic E-state index is 11.1. The average molecular weight is 270 g/mol. The Bertz CT molecular complexity index is 451. The molecule has 0 saturated carbocycles. The first-order chi connectivity index (χ1) is 8.99. The highest BCUT2D eigenvalue weighted by Crippen LogP contribution is 2.31. The zero-order chi connectivity index (χ0) is 14.4. The first-order valence-electron chi connectivity index (χ1n) is 5.84. The molecule has 0 saturated heterocycles. The number of hydrogen-bond acceptors (Lipinski definition) is 7. The summed E-state index contributed by atoms with van der Waals surface area (Å²) in [6.07, 6.45) is 0. The molecule has 0 amide bonds. The lowest BCUT2D eigenvalue weighted by Crippen LogP contribution is -2.12. The van der Waals surface area contributed by atoms with Gasteiger partial charge in [0.1, 0.15) is 6.61 Å². The van der Waals surface area contributed by atoms with Crippen molar-refractivity contribution in [3.63, 3.8) is 0 Å². The smallest absolute Gasteiger partial charge is 0.372 e. The van der Waals surface area contributed by atoms with Crippen molar-refractivity contribution in [1.82, 2.24) is 9.97 Å². The summed E-state index contributed by atoms with van der Waals surface area (Å²) in [4.78, 5) is 18.6. The first kappa shape index (κ1) is 15.1. The molecule has 0 atom stereocenters. The van der Waals surface area contributed by atoms with Crippen molar-refractivity contribution in [1.29, 1.82) is 0 Å². The van der Waals surface area contributed by atoms with Crippen molar-refractivity contribution in [2.24, 2.45) is 5.92 Å². The Morgan fingerprint density at radius 1 is 1.42 bits per heavy atom. The highest BCUT2D eigenvalue weighted by atomic mass is 16.6. The van der Waals surface area contributed by atoms with Gasteiger partial charge in [0.25, 0.3) is 5.88 Å². The van der Waals surface area contributed by atoms with Crippen LogP contribution in [0.4, 0.5) is 11.5 Å². The lowest BCUT2D eigenvalue weighted by molar-refractivity contribution is -0.385. The second kappa shape index (κ2) is 6.83. The van der Waals surface area contributed by atoms with Crippen LogP contribution in [-0.2, 0) is 11.3 Å². The molecule has 1 aromatic rings. The molecular weight excluding hydrogens is 252 g/mol. The molecule has 106 valence electrons. The quantitative estimate of drug-likeness (QED) is 0.593. The number of nitrogens with one attached hydrogen (secondary N) is 1. The van der Waals surface area contributed by atoms with Crippen molar-refractivity contribution in [3.05, 3.63) is 15.9 Å². The lowest BCUT2D eigenvalue weighted by atomic mass is 10.2. The van der Waals surface area contributed by atoms with E-state index in [2.05, 4.69) is 15.3 Å². The number of hydrogen-bond donors (Lipinski definition) is 1. The highest BCUT2D eigenvalue weighted by Gasteiger charge is 2.25. The molecule has 8 heteroatoms. The summed E-state index contributed by atoms with van der Waals surface area (Å²) in [7, 11) is 3.05. The number of nitro groups is 1. The molecule has 0 radical (unpaired) electrons. The summed E-state index contributed by atoms with van der Waals surface area (Å²) in [6, 6.07) is 0. The molecule has 0 aliphatic heterocycles. The van der Waals surface area contributed by atoms with Crippen molar-refractivity contribution in [2.45, 2.75) is 20.5 Å². The Hall–Kier alpha value is -1.96. The maximum Gasteiger partial charge on any atom is 0.372 e. The Labute approximate surface area is 111 Å². The van der Waals surface area contributed by atoms with Crippen LogP contribution in [0.3, 0.4) is 0 Å². The number of anilines is 1. The van der Waals surface area contributed by atoms with Gasteiger partial charge in [0.05, 0.1) is 11.5 Å². The fourth-order valence-electron chi connectivity index (χ4n) is 1.36. The van der Waals surface area contributed by atoms with Gasteiger partial charge in [-0.3, -0.25) is 10.1 Å². The molecule has 1 heterocycles. The van der Waals surface area contributed by atoms with Crippen molar-refractivity contribution < 1.29 is 14.4 Å². The van der Waals surface area contributed by atoms with Crippen LogP contribution in [-0.4, -0.2) is 35.7 Å². The van der Waals surface area contributed by atoms with E-state index >= 15 is 0 Å². The van der Waals surface area contributed by atoms with Gasteiger partial charge in [0.15, 0.2) is 5.82 Å². The topological polar surface area (TPSA) is 99.4 Å². The first-order valence-corrected chi connectivity index (χ1v) is 5.84. The summed E-state index contributed by atoms with van der Waals surface area (Å²) < 4.78 is 10.3. The van der Waals surface area contributed by atoms with Crippen molar-refractivity contribution >= 4 is 11.5 Å². The molecule has 0 unspecified atom stereocenters. The molecule has 0 aliphatic rings. The van der Waals surface area contributed by atoms with Crippen LogP contribution in [0.2, 0.25) is 0 Å². The SMILES string of the molecule is CNc1nc(COC)nc(OCC(C)C)c1[N+](=O)[O-]. The van der Waals surface area contributed by atoms with Gasteiger partial charge in [-0.25, -0.2) is 4.98 Å². The fourth-order valence-corrected chi connectivity index (χ4v) is 1.36. The lowest BCUT2D eigenvalue weighted by Gasteiger charge is -2.11. The molecule has 1 N–H and O–H groups in total. The normalized spacial score (nSPS) is 10.6. The number of rotatable bonds is 7. The van der Waals surface area contributed by atoms with Crippen molar-refractivity contribution in [3.8, 4) is 5.88 Å². The third-order valence-electron chi connectivity index (χ3n) is 2.14. The van der Waals surface area contributed by atoms with Crippen LogP contribution in [0.5, 0.6) is 5.88 Å². The minimum absolute atomic E-state index is 0.0369. The monoisotopic (exact) mass is 270 g/mol. The number of methoxy groups -OCH3 is 1.